The van der Waals surface area contributed by atoms with Crippen LogP contribution in [0.15, 0.2) is 12.3 Å². The van der Waals surface area contributed by atoms with E-state index in [-0.39, 0.29) is 5.60 Å². The second-order valence-corrected chi connectivity index (χ2v) is 4.80. The van der Waals surface area contributed by atoms with E-state index in [2.05, 4.69) is 18.9 Å². The fourth-order valence-electron chi connectivity index (χ4n) is 1.22. The Labute approximate surface area is 97.8 Å². The molecule has 16 heavy (non-hydrogen) atoms. The van der Waals surface area contributed by atoms with Gasteiger partial charge >= 0.3 is 0 Å². The van der Waals surface area contributed by atoms with E-state index in [9.17, 15) is 0 Å². The first-order chi connectivity index (χ1) is 7.48. The van der Waals surface area contributed by atoms with Crippen molar-refractivity contribution >= 4 is 0 Å². The Morgan fingerprint density at radius 2 is 2.25 bits per heavy atom. The Kier molecular flexibility index (Phi) is 4.50. The van der Waals surface area contributed by atoms with Crippen LogP contribution in [0.2, 0.25) is 0 Å². The Hall–Kier alpha value is -0.870. The molecule has 0 spiro atoms. The average Bonchev–Trinajstić information content (AvgIpc) is 2.74. The van der Waals surface area contributed by atoms with Crippen LogP contribution >= 0.6 is 0 Å². The molecule has 4 nitrogen and oxygen atoms in total. The highest BCUT2D eigenvalue weighted by molar-refractivity contribution is 4.98. The highest BCUT2D eigenvalue weighted by Crippen LogP contribution is 2.13. The van der Waals surface area contributed by atoms with Crippen molar-refractivity contribution in [1.82, 2.24) is 9.78 Å². The fraction of sp³-hybridized carbons (Fsp3) is 0.750. The predicted molar refractivity (Wildman–Crippen MR) is 65.2 cm³/mol. The third-order valence-corrected chi connectivity index (χ3v) is 2.81. The molecule has 0 saturated carbocycles. The van der Waals surface area contributed by atoms with Crippen LogP contribution in [0.3, 0.4) is 0 Å². The highest BCUT2D eigenvalue weighted by atomic mass is 16.5. The predicted octanol–water partition coefficient (Wildman–Crippen LogP) is 2.11. The monoisotopic (exact) mass is 225 g/mol. The van der Waals surface area contributed by atoms with Crippen LogP contribution < -0.4 is 5.73 Å². The van der Waals surface area contributed by atoms with E-state index in [0.29, 0.717) is 19.2 Å². The second kappa shape index (κ2) is 5.46. The molecule has 92 valence electrons. The maximum Gasteiger partial charge on any atom is 0.0914 e. The molecular weight excluding hydrogens is 202 g/mol. The van der Waals surface area contributed by atoms with Gasteiger partial charge < -0.3 is 10.5 Å². The number of nitrogens with two attached hydrogens (primary N) is 1. The van der Waals surface area contributed by atoms with E-state index in [1.807, 2.05) is 30.8 Å². The molecule has 4 heteroatoms. The van der Waals surface area contributed by atoms with Gasteiger partial charge in [0.1, 0.15) is 0 Å². The van der Waals surface area contributed by atoms with Gasteiger partial charge in [-0.05, 0) is 33.3 Å². The van der Waals surface area contributed by atoms with Crippen LogP contribution in [0.1, 0.15) is 45.9 Å². The number of hydrogen-bond acceptors (Lipinski definition) is 3. The van der Waals surface area contributed by atoms with Crippen LogP contribution in [-0.4, -0.2) is 21.9 Å². The summed E-state index contributed by atoms with van der Waals surface area (Å²) in [7, 11) is 0. The van der Waals surface area contributed by atoms with Crippen molar-refractivity contribution in [2.24, 2.45) is 5.73 Å². The van der Waals surface area contributed by atoms with Gasteiger partial charge in [0.05, 0.1) is 17.9 Å². The lowest BCUT2D eigenvalue weighted by Gasteiger charge is -2.22. The fourth-order valence-corrected chi connectivity index (χ4v) is 1.22. The maximum atomic E-state index is 5.69. The molecule has 1 aromatic heterocycles. The zero-order valence-electron chi connectivity index (χ0n) is 10.7. The van der Waals surface area contributed by atoms with Crippen LogP contribution in [0.4, 0.5) is 0 Å². The van der Waals surface area contributed by atoms with Gasteiger partial charge in [0.2, 0.25) is 0 Å². The molecule has 0 aliphatic carbocycles. The van der Waals surface area contributed by atoms with Gasteiger partial charge in [0, 0.05) is 18.8 Å². The molecule has 1 aromatic rings. The summed E-state index contributed by atoms with van der Waals surface area (Å²) in [5.41, 5.74) is 6.28. The standard InChI is InChI=1S/C12H23N3O/c1-5-10(2)15-7-6-11(14-15)8-16-12(3,4)9-13/h6-7,10H,5,8-9,13H2,1-4H3. The van der Waals surface area contributed by atoms with Crippen molar-refractivity contribution in [1.29, 1.82) is 0 Å². The summed E-state index contributed by atoms with van der Waals surface area (Å²) in [6.45, 7) is 9.31. The largest absolute Gasteiger partial charge is 0.368 e. The topological polar surface area (TPSA) is 53.1 Å². The summed E-state index contributed by atoms with van der Waals surface area (Å²) < 4.78 is 7.67. The van der Waals surface area contributed by atoms with Crippen LogP contribution in [0, 0.1) is 0 Å². The maximum absolute atomic E-state index is 5.69. The summed E-state index contributed by atoms with van der Waals surface area (Å²) in [5.74, 6) is 0. The molecule has 0 aromatic carbocycles. The number of ether oxygens (including phenoxy) is 1. The van der Waals surface area contributed by atoms with Crippen molar-refractivity contribution in [3.8, 4) is 0 Å². The molecular formula is C12H23N3O. The first-order valence-corrected chi connectivity index (χ1v) is 5.86. The Morgan fingerprint density at radius 3 is 2.81 bits per heavy atom. The molecule has 1 heterocycles. The van der Waals surface area contributed by atoms with Gasteiger partial charge in [-0.25, -0.2) is 0 Å². The van der Waals surface area contributed by atoms with Gasteiger partial charge in [0.25, 0.3) is 0 Å². The molecule has 1 atom stereocenters. The minimum atomic E-state index is -0.278. The van der Waals surface area contributed by atoms with Crippen molar-refractivity contribution < 1.29 is 4.74 Å². The van der Waals surface area contributed by atoms with Crippen molar-refractivity contribution in [3.63, 3.8) is 0 Å². The van der Waals surface area contributed by atoms with Crippen molar-refractivity contribution in [3.05, 3.63) is 18.0 Å². The van der Waals surface area contributed by atoms with Crippen LogP contribution in [-0.2, 0) is 11.3 Å². The molecule has 2 N–H and O–H groups in total. The molecule has 1 unspecified atom stereocenters. The van der Waals surface area contributed by atoms with E-state index in [0.717, 1.165) is 12.1 Å². The lowest BCUT2D eigenvalue weighted by molar-refractivity contribution is -0.0238. The normalized spacial score (nSPS) is 14.1. The first-order valence-electron chi connectivity index (χ1n) is 5.86. The van der Waals surface area contributed by atoms with Gasteiger partial charge in [-0.1, -0.05) is 6.92 Å². The van der Waals surface area contributed by atoms with Crippen molar-refractivity contribution in [2.45, 2.75) is 52.4 Å². The summed E-state index contributed by atoms with van der Waals surface area (Å²) >= 11 is 0. The van der Waals surface area contributed by atoms with Gasteiger partial charge in [-0.2, -0.15) is 5.10 Å². The van der Waals surface area contributed by atoms with Gasteiger partial charge in [0.15, 0.2) is 0 Å². The molecule has 0 aliphatic rings. The lowest BCUT2D eigenvalue weighted by Crippen LogP contribution is -2.33. The smallest absolute Gasteiger partial charge is 0.0914 e. The van der Waals surface area contributed by atoms with E-state index in [4.69, 9.17) is 10.5 Å². The quantitative estimate of drug-likeness (QED) is 0.806. The zero-order chi connectivity index (χ0) is 12.2. The number of nitrogens with zero attached hydrogens (tertiary/aromatic N) is 2. The third kappa shape index (κ3) is 3.61. The summed E-state index contributed by atoms with van der Waals surface area (Å²) in [5, 5.41) is 4.47. The zero-order valence-corrected chi connectivity index (χ0v) is 10.7. The molecule has 1 rings (SSSR count). The van der Waals surface area contributed by atoms with Gasteiger partial charge in [-0.15, -0.1) is 0 Å². The SMILES string of the molecule is CCC(C)n1ccc(COC(C)(C)CN)n1. The second-order valence-electron chi connectivity index (χ2n) is 4.80. The van der Waals surface area contributed by atoms with E-state index in [1.165, 1.54) is 0 Å². The van der Waals surface area contributed by atoms with Crippen molar-refractivity contribution in [2.75, 3.05) is 6.54 Å². The van der Waals surface area contributed by atoms with E-state index >= 15 is 0 Å². The Bertz CT molecular complexity index is 320. The molecule has 0 aliphatic heterocycles. The number of rotatable bonds is 6. The molecule has 0 amide bonds. The summed E-state index contributed by atoms with van der Waals surface area (Å²) in [4.78, 5) is 0. The minimum absolute atomic E-state index is 0.278. The molecule has 0 saturated heterocycles. The van der Waals surface area contributed by atoms with Crippen LogP contribution in [0.25, 0.3) is 0 Å². The lowest BCUT2D eigenvalue weighted by atomic mass is 10.1. The van der Waals surface area contributed by atoms with Gasteiger partial charge in [-0.3, -0.25) is 4.68 Å². The molecule has 0 radical (unpaired) electrons. The Morgan fingerprint density at radius 1 is 1.56 bits per heavy atom. The first kappa shape index (κ1) is 13.2. The summed E-state index contributed by atoms with van der Waals surface area (Å²) in [6, 6.07) is 2.44. The number of aromatic nitrogens is 2. The molecule has 0 fully saturated rings. The van der Waals surface area contributed by atoms with E-state index < -0.39 is 0 Å². The highest BCUT2D eigenvalue weighted by Gasteiger charge is 2.16. The molecule has 0 bridgehead atoms. The third-order valence-electron chi connectivity index (χ3n) is 2.81. The average molecular weight is 225 g/mol. The minimum Gasteiger partial charge on any atom is -0.368 e. The number of hydrogen-bond donors (Lipinski definition) is 1. The Balaban J connectivity index is 2.53. The van der Waals surface area contributed by atoms with Crippen LogP contribution in [0.5, 0.6) is 0 Å². The van der Waals surface area contributed by atoms with E-state index in [1.54, 1.807) is 0 Å². The summed E-state index contributed by atoms with van der Waals surface area (Å²) in [6.07, 6.45) is 3.08.